The minimum Gasteiger partial charge on any atom is -0.394 e. The summed E-state index contributed by atoms with van der Waals surface area (Å²) in [5.74, 6) is 0. The largest absolute Gasteiger partial charge is 0.394 e. The Labute approximate surface area is 81.7 Å². The highest BCUT2D eigenvalue weighted by molar-refractivity contribution is 5.32. The summed E-state index contributed by atoms with van der Waals surface area (Å²) in [6, 6.07) is 8.12. The van der Waals surface area contributed by atoms with Crippen LogP contribution in [0, 0.1) is 11.3 Å². The van der Waals surface area contributed by atoms with Crippen molar-refractivity contribution in [2.45, 2.75) is 12.2 Å². The molecule has 4 heteroatoms. The third-order valence-corrected chi connectivity index (χ3v) is 1.93. The number of nitrogens with zero attached hydrogens (tertiary/aromatic N) is 1. The molecule has 0 fully saturated rings. The lowest BCUT2D eigenvalue weighted by Gasteiger charge is -2.15. The lowest BCUT2D eigenvalue weighted by Crippen LogP contribution is -2.21. The predicted molar refractivity (Wildman–Crippen MR) is 49.2 cm³/mol. The summed E-state index contributed by atoms with van der Waals surface area (Å²) in [5, 5.41) is 35.7. The zero-order valence-electron chi connectivity index (χ0n) is 7.46. The SMILES string of the molecule is N#Cc1ccc(C(O)C(O)CO)cc1. The van der Waals surface area contributed by atoms with Gasteiger partial charge in [-0.15, -0.1) is 0 Å². The summed E-state index contributed by atoms with van der Waals surface area (Å²) in [4.78, 5) is 0. The van der Waals surface area contributed by atoms with Crippen molar-refractivity contribution in [2.24, 2.45) is 0 Å². The predicted octanol–water partition coefficient (Wildman–Crippen LogP) is -0.0551. The van der Waals surface area contributed by atoms with Gasteiger partial charge in [0.25, 0.3) is 0 Å². The van der Waals surface area contributed by atoms with Gasteiger partial charge in [0.05, 0.1) is 18.2 Å². The second-order valence-corrected chi connectivity index (χ2v) is 2.93. The first-order valence-corrected chi connectivity index (χ1v) is 4.16. The van der Waals surface area contributed by atoms with E-state index in [-0.39, 0.29) is 0 Å². The molecule has 0 spiro atoms. The number of aliphatic hydroxyl groups excluding tert-OH is 3. The molecular weight excluding hydrogens is 182 g/mol. The van der Waals surface area contributed by atoms with E-state index in [4.69, 9.17) is 15.5 Å². The highest BCUT2D eigenvalue weighted by Gasteiger charge is 2.16. The summed E-state index contributed by atoms with van der Waals surface area (Å²) in [6.45, 7) is -0.499. The number of benzene rings is 1. The van der Waals surface area contributed by atoms with Crippen LogP contribution in [0.4, 0.5) is 0 Å². The molecular formula is C10H11NO3. The van der Waals surface area contributed by atoms with Gasteiger partial charge in [0.15, 0.2) is 0 Å². The molecule has 3 N–H and O–H groups in total. The molecule has 1 aromatic carbocycles. The van der Waals surface area contributed by atoms with Crippen LogP contribution in [0.25, 0.3) is 0 Å². The monoisotopic (exact) mass is 193 g/mol. The number of hydrogen-bond donors (Lipinski definition) is 3. The molecule has 0 aliphatic carbocycles. The third-order valence-electron chi connectivity index (χ3n) is 1.93. The molecule has 0 aromatic heterocycles. The second-order valence-electron chi connectivity index (χ2n) is 2.93. The number of nitriles is 1. The third kappa shape index (κ3) is 2.30. The fraction of sp³-hybridized carbons (Fsp3) is 0.300. The van der Waals surface area contributed by atoms with E-state index in [2.05, 4.69) is 0 Å². The van der Waals surface area contributed by atoms with Gasteiger partial charge in [0.1, 0.15) is 12.2 Å². The average molecular weight is 193 g/mol. The molecule has 1 aromatic rings. The van der Waals surface area contributed by atoms with Crippen molar-refractivity contribution in [3.8, 4) is 6.07 Å². The maximum atomic E-state index is 9.46. The first-order chi connectivity index (χ1) is 6.69. The maximum Gasteiger partial charge on any atom is 0.107 e. The van der Waals surface area contributed by atoms with Gasteiger partial charge in [-0.25, -0.2) is 0 Å². The second kappa shape index (κ2) is 4.72. The van der Waals surface area contributed by atoms with Crippen LogP contribution >= 0.6 is 0 Å². The van der Waals surface area contributed by atoms with E-state index in [9.17, 15) is 5.11 Å². The van der Waals surface area contributed by atoms with E-state index in [0.717, 1.165) is 0 Å². The van der Waals surface area contributed by atoms with E-state index >= 15 is 0 Å². The number of aliphatic hydroxyl groups is 3. The van der Waals surface area contributed by atoms with Gasteiger partial charge < -0.3 is 15.3 Å². The molecule has 74 valence electrons. The van der Waals surface area contributed by atoms with Crippen LogP contribution in [0.3, 0.4) is 0 Å². The highest BCUT2D eigenvalue weighted by Crippen LogP contribution is 2.16. The molecule has 1 rings (SSSR count). The van der Waals surface area contributed by atoms with Crippen molar-refractivity contribution in [1.29, 1.82) is 5.26 Å². The van der Waals surface area contributed by atoms with E-state index < -0.39 is 18.8 Å². The summed E-state index contributed by atoms with van der Waals surface area (Å²) in [7, 11) is 0. The van der Waals surface area contributed by atoms with E-state index in [1.54, 1.807) is 24.3 Å². The highest BCUT2D eigenvalue weighted by atomic mass is 16.4. The Balaban J connectivity index is 2.82. The Morgan fingerprint density at radius 1 is 1.21 bits per heavy atom. The van der Waals surface area contributed by atoms with E-state index in [1.807, 2.05) is 6.07 Å². The van der Waals surface area contributed by atoms with E-state index in [1.165, 1.54) is 0 Å². The summed E-state index contributed by atoms with van der Waals surface area (Å²) in [6.07, 6.45) is -2.31. The Hall–Kier alpha value is -1.41. The topological polar surface area (TPSA) is 84.5 Å². The standard InChI is InChI=1S/C10H11NO3/c11-5-7-1-3-8(4-2-7)10(14)9(13)6-12/h1-4,9-10,12-14H,6H2. The van der Waals surface area contributed by atoms with Crippen molar-refractivity contribution in [1.82, 2.24) is 0 Å². The van der Waals surface area contributed by atoms with Crippen molar-refractivity contribution >= 4 is 0 Å². The summed E-state index contributed by atoms with van der Waals surface area (Å²) < 4.78 is 0. The zero-order chi connectivity index (χ0) is 10.6. The van der Waals surface area contributed by atoms with Gasteiger partial charge in [-0.1, -0.05) is 12.1 Å². The first-order valence-electron chi connectivity index (χ1n) is 4.16. The Kier molecular flexibility index (Phi) is 3.60. The van der Waals surface area contributed by atoms with Crippen LogP contribution in [-0.2, 0) is 0 Å². The lowest BCUT2D eigenvalue weighted by atomic mass is 10.0. The minimum atomic E-state index is -1.19. The van der Waals surface area contributed by atoms with Crippen molar-refractivity contribution < 1.29 is 15.3 Å². The summed E-state index contributed by atoms with van der Waals surface area (Å²) >= 11 is 0. The summed E-state index contributed by atoms with van der Waals surface area (Å²) in [5.41, 5.74) is 0.963. The number of rotatable bonds is 3. The maximum absolute atomic E-state index is 9.46. The fourth-order valence-corrected chi connectivity index (χ4v) is 1.08. The molecule has 0 saturated heterocycles. The number of hydrogen-bond acceptors (Lipinski definition) is 4. The molecule has 14 heavy (non-hydrogen) atoms. The molecule has 0 saturated carbocycles. The van der Waals surface area contributed by atoms with Crippen LogP contribution in [0.1, 0.15) is 17.2 Å². The van der Waals surface area contributed by atoms with Crippen LogP contribution in [-0.4, -0.2) is 28.0 Å². The molecule has 2 atom stereocenters. The van der Waals surface area contributed by atoms with E-state index in [0.29, 0.717) is 11.1 Å². The smallest absolute Gasteiger partial charge is 0.107 e. The van der Waals surface area contributed by atoms with Gasteiger partial charge in [-0.2, -0.15) is 5.26 Å². The fourth-order valence-electron chi connectivity index (χ4n) is 1.08. The van der Waals surface area contributed by atoms with Crippen LogP contribution in [0.2, 0.25) is 0 Å². The average Bonchev–Trinajstić information content (AvgIpc) is 2.27. The molecule has 0 heterocycles. The zero-order valence-corrected chi connectivity index (χ0v) is 7.46. The normalized spacial score (nSPS) is 14.4. The Bertz CT molecular complexity index is 328. The Morgan fingerprint density at radius 3 is 2.21 bits per heavy atom. The van der Waals surface area contributed by atoms with Crippen LogP contribution < -0.4 is 0 Å². The quantitative estimate of drug-likeness (QED) is 0.628. The van der Waals surface area contributed by atoms with Gasteiger partial charge in [0.2, 0.25) is 0 Å². The molecule has 0 aliphatic rings. The van der Waals surface area contributed by atoms with Crippen LogP contribution in [0.15, 0.2) is 24.3 Å². The molecule has 2 unspecified atom stereocenters. The molecule has 0 amide bonds. The van der Waals surface area contributed by atoms with Gasteiger partial charge in [-0.05, 0) is 17.7 Å². The molecule has 0 bridgehead atoms. The molecule has 0 aliphatic heterocycles. The van der Waals surface area contributed by atoms with Gasteiger partial charge in [0, 0.05) is 0 Å². The van der Waals surface area contributed by atoms with Crippen molar-refractivity contribution in [3.63, 3.8) is 0 Å². The first kappa shape index (κ1) is 10.7. The molecule has 4 nitrogen and oxygen atoms in total. The Morgan fingerprint density at radius 2 is 1.79 bits per heavy atom. The lowest BCUT2D eigenvalue weighted by molar-refractivity contribution is -0.0152. The van der Waals surface area contributed by atoms with Gasteiger partial charge in [-0.3, -0.25) is 0 Å². The minimum absolute atomic E-state index is 0.477. The van der Waals surface area contributed by atoms with Crippen LogP contribution in [0.5, 0.6) is 0 Å². The molecule has 0 radical (unpaired) electrons. The van der Waals surface area contributed by atoms with Crippen molar-refractivity contribution in [3.05, 3.63) is 35.4 Å². The van der Waals surface area contributed by atoms with Gasteiger partial charge >= 0.3 is 0 Å². The van der Waals surface area contributed by atoms with Crippen molar-refractivity contribution in [2.75, 3.05) is 6.61 Å².